The molecule has 33 heavy (non-hydrogen) atoms. The lowest BCUT2D eigenvalue weighted by molar-refractivity contribution is 0.363. The van der Waals surface area contributed by atoms with Gasteiger partial charge in [-0.2, -0.15) is 0 Å². The SMILES string of the molecule is CCCCCCc1ccncc1OP(=S)(CCCCC(C)(C)C)N=CCCCCCN(C)C. The minimum atomic E-state index is -2.31. The first kappa shape index (κ1) is 30.3. The Morgan fingerprint density at radius 3 is 2.52 bits per heavy atom. The Labute approximate surface area is 210 Å². The first-order valence-corrected chi connectivity index (χ1v) is 15.9. The van der Waals surface area contributed by atoms with Crippen molar-refractivity contribution >= 4 is 24.4 Å². The van der Waals surface area contributed by atoms with E-state index < -0.39 is 6.42 Å². The molecule has 0 aliphatic rings. The molecule has 1 unspecified atom stereocenters. The number of unbranched alkanes of at least 4 members (excludes halogenated alkanes) is 7. The van der Waals surface area contributed by atoms with E-state index in [9.17, 15) is 0 Å². The fourth-order valence-electron chi connectivity index (χ4n) is 3.71. The van der Waals surface area contributed by atoms with Crippen molar-refractivity contribution in [2.24, 2.45) is 10.2 Å². The number of hydrogen-bond donors (Lipinski definition) is 0. The summed E-state index contributed by atoms with van der Waals surface area (Å²) in [6.07, 6.45) is 18.3. The van der Waals surface area contributed by atoms with Crippen molar-refractivity contribution in [1.29, 1.82) is 0 Å². The molecular weight excluding hydrogens is 445 g/mol. The van der Waals surface area contributed by atoms with E-state index in [2.05, 4.69) is 64.0 Å². The molecular formula is C27H50N3OPS. The molecule has 0 aliphatic carbocycles. The van der Waals surface area contributed by atoms with Crippen LogP contribution in [0.5, 0.6) is 5.75 Å². The molecule has 1 heterocycles. The van der Waals surface area contributed by atoms with Gasteiger partial charge in [-0.15, -0.1) is 0 Å². The summed E-state index contributed by atoms with van der Waals surface area (Å²) in [5.41, 5.74) is 1.58. The van der Waals surface area contributed by atoms with Crippen LogP contribution in [0.15, 0.2) is 23.2 Å². The van der Waals surface area contributed by atoms with Crippen molar-refractivity contribution in [2.75, 3.05) is 26.8 Å². The Kier molecular flexibility index (Phi) is 15.4. The highest BCUT2D eigenvalue weighted by Crippen LogP contribution is 2.50. The third-order valence-corrected chi connectivity index (χ3v) is 8.66. The van der Waals surface area contributed by atoms with Crippen molar-refractivity contribution < 1.29 is 4.52 Å². The summed E-state index contributed by atoms with van der Waals surface area (Å²) < 4.78 is 11.4. The average molecular weight is 496 g/mol. The lowest BCUT2D eigenvalue weighted by Gasteiger charge is -2.22. The molecule has 190 valence electrons. The summed E-state index contributed by atoms with van der Waals surface area (Å²) in [5.74, 6) is 0.858. The quantitative estimate of drug-likeness (QED) is 0.117. The summed E-state index contributed by atoms with van der Waals surface area (Å²) in [6.45, 7) is 10.3. The molecule has 0 fully saturated rings. The van der Waals surface area contributed by atoms with Crippen LogP contribution in [0.2, 0.25) is 0 Å². The summed E-state index contributed by atoms with van der Waals surface area (Å²) in [6, 6.07) is 2.09. The van der Waals surface area contributed by atoms with Crippen molar-refractivity contribution in [3.8, 4) is 5.75 Å². The van der Waals surface area contributed by atoms with Crippen LogP contribution in [0.4, 0.5) is 0 Å². The van der Waals surface area contributed by atoms with Gasteiger partial charge in [0.1, 0.15) is 5.75 Å². The molecule has 0 spiro atoms. The number of aromatic nitrogens is 1. The van der Waals surface area contributed by atoms with Crippen LogP contribution in [0, 0.1) is 5.41 Å². The molecule has 1 rings (SSSR count). The molecule has 0 radical (unpaired) electrons. The molecule has 0 N–H and O–H groups in total. The van der Waals surface area contributed by atoms with Crippen LogP contribution < -0.4 is 4.52 Å². The Bertz CT molecular complexity index is 716. The van der Waals surface area contributed by atoms with Crippen molar-refractivity contribution in [2.45, 2.75) is 105 Å². The third-order valence-electron chi connectivity index (χ3n) is 5.72. The van der Waals surface area contributed by atoms with Gasteiger partial charge in [-0.25, -0.2) is 4.76 Å². The Hall–Kier alpha value is -0.770. The highest BCUT2D eigenvalue weighted by atomic mass is 32.4. The van der Waals surface area contributed by atoms with E-state index in [4.69, 9.17) is 21.1 Å². The van der Waals surface area contributed by atoms with Crippen LogP contribution in [0.1, 0.15) is 104 Å². The van der Waals surface area contributed by atoms with Gasteiger partial charge in [0, 0.05) is 18.6 Å². The molecule has 4 nitrogen and oxygen atoms in total. The van der Waals surface area contributed by atoms with Gasteiger partial charge < -0.3 is 9.42 Å². The monoisotopic (exact) mass is 495 g/mol. The smallest absolute Gasteiger partial charge is 0.222 e. The first-order chi connectivity index (χ1) is 15.7. The predicted molar refractivity (Wildman–Crippen MR) is 151 cm³/mol. The lowest BCUT2D eigenvalue weighted by Crippen LogP contribution is -2.12. The Morgan fingerprint density at radius 2 is 1.82 bits per heavy atom. The molecule has 0 saturated heterocycles. The zero-order valence-electron chi connectivity index (χ0n) is 22.3. The van der Waals surface area contributed by atoms with Gasteiger partial charge in [0.25, 0.3) is 0 Å². The fourth-order valence-corrected chi connectivity index (χ4v) is 6.25. The molecule has 1 atom stereocenters. The molecule has 0 aromatic carbocycles. The van der Waals surface area contributed by atoms with E-state index in [0.717, 1.165) is 44.1 Å². The molecule has 1 aromatic rings. The summed E-state index contributed by atoms with van der Waals surface area (Å²) in [7, 11) is 4.26. The van der Waals surface area contributed by atoms with E-state index in [0.29, 0.717) is 5.41 Å². The van der Waals surface area contributed by atoms with Gasteiger partial charge >= 0.3 is 0 Å². The van der Waals surface area contributed by atoms with Crippen LogP contribution in [-0.2, 0) is 18.2 Å². The van der Waals surface area contributed by atoms with Gasteiger partial charge in [0.2, 0.25) is 6.42 Å². The van der Waals surface area contributed by atoms with Crippen molar-refractivity contribution in [3.63, 3.8) is 0 Å². The van der Waals surface area contributed by atoms with Crippen LogP contribution in [0.3, 0.4) is 0 Å². The van der Waals surface area contributed by atoms with Gasteiger partial charge in [-0.1, -0.05) is 59.8 Å². The van der Waals surface area contributed by atoms with Crippen LogP contribution in [0.25, 0.3) is 0 Å². The van der Waals surface area contributed by atoms with Gasteiger partial charge in [0.05, 0.1) is 6.20 Å². The zero-order chi connectivity index (χ0) is 24.6. The Balaban J connectivity index is 2.77. The summed E-state index contributed by atoms with van der Waals surface area (Å²) in [4.78, 5) is 6.58. The normalized spacial score (nSPS) is 14.2. The molecule has 6 heteroatoms. The molecule has 1 aromatic heterocycles. The number of pyridine rings is 1. The third kappa shape index (κ3) is 15.7. The van der Waals surface area contributed by atoms with Crippen molar-refractivity contribution in [1.82, 2.24) is 9.88 Å². The van der Waals surface area contributed by atoms with E-state index in [-0.39, 0.29) is 0 Å². The van der Waals surface area contributed by atoms with E-state index in [1.54, 1.807) is 0 Å². The van der Waals surface area contributed by atoms with Gasteiger partial charge in [0.15, 0.2) is 0 Å². The second kappa shape index (κ2) is 16.8. The highest BCUT2D eigenvalue weighted by molar-refractivity contribution is 8.11. The van der Waals surface area contributed by atoms with Crippen LogP contribution in [-0.4, -0.2) is 42.9 Å². The molecule has 0 aliphatic heterocycles. The van der Waals surface area contributed by atoms with E-state index in [1.807, 2.05) is 12.4 Å². The number of aryl methyl sites for hydroxylation is 1. The largest absolute Gasteiger partial charge is 0.445 e. The summed E-state index contributed by atoms with van der Waals surface area (Å²) >= 11 is 6.10. The maximum atomic E-state index is 6.54. The van der Waals surface area contributed by atoms with E-state index in [1.165, 1.54) is 56.9 Å². The number of hydrogen-bond acceptors (Lipinski definition) is 4. The van der Waals surface area contributed by atoms with Gasteiger partial charge in [-0.3, -0.25) is 4.98 Å². The zero-order valence-corrected chi connectivity index (χ0v) is 24.0. The Morgan fingerprint density at radius 1 is 1.06 bits per heavy atom. The van der Waals surface area contributed by atoms with Crippen molar-refractivity contribution in [3.05, 3.63) is 24.0 Å². The first-order valence-electron chi connectivity index (χ1n) is 13.1. The maximum Gasteiger partial charge on any atom is 0.222 e. The minimum absolute atomic E-state index is 0.355. The molecule has 0 amide bonds. The second-order valence-corrected chi connectivity index (χ2v) is 14.6. The predicted octanol–water partition coefficient (Wildman–Crippen LogP) is 8.30. The molecule has 0 bridgehead atoms. The molecule has 0 saturated carbocycles. The standard InChI is InChI=1S/C27H50N3OPS/c1-7-8-9-12-17-25-18-21-28-24-26(25)31-32(33,23-16-13-19-27(2,3)4)29-20-14-10-11-15-22-30(5)6/h18,20-21,24H,7-17,19,22-23H2,1-6H3. The second-order valence-electron chi connectivity index (χ2n) is 10.7. The number of nitrogens with zero attached hydrogens (tertiary/aromatic N) is 3. The topological polar surface area (TPSA) is 37.7 Å². The van der Waals surface area contributed by atoms with Crippen LogP contribution >= 0.6 is 6.42 Å². The fraction of sp³-hybridized carbons (Fsp3) is 0.778. The number of rotatable bonds is 18. The minimum Gasteiger partial charge on any atom is -0.445 e. The average Bonchev–Trinajstić information content (AvgIpc) is 2.74. The highest BCUT2D eigenvalue weighted by Gasteiger charge is 2.20. The van der Waals surface area contributed by atoms with E-state index >= 15 is 0 Å². The van der Waals surface area contributed by atoms with Gasteiger partial charge in [-0.05, 0) is 94.4 Å². The summed E-state index contributed by atoms with van der Waals surface area (Å²) in [5, 5.41) is 0. The lowest BCUT2D eigenvalue weighted by atomic mass is 9.90. The maximum absolute atomic E-state index is 6.54.